The second-order valence-corrected chi connectivity index (χ2v) is 9.77. The van der Waals surface area contributed by atoms with Crippen molar-refractivity contribution in [3.05, 3.63) is 29.3 Å². The Labute approximate surface area is 231 Å². The smallest absolute Gasteiger partial charge is 1.00 e. The predicted octanol–water partition coefficient (Wildman–Crippen LogP) is 5.81. The topological polar surface area (TPSA) is 107 Å². The average Bonchev–Trinajstić information content (AvgIpc) is 2.73. The molecule has 2 unspecified atom stereocenters. The number of unbranched alkanes of at least 4 members (excludes halogenated alkanes) is 6. The number of hydrogen-bond donors (Lipinski definition) is 1. The summed E-state index contributed by atoms with van der Waals surface area (Å²) in [6.07, 6.45) is 9.02. The van der Waals surface area contributed by atoms with Crippen molar-refractivity contribution >= 4 is 59.8 Å². The molecular formula is C24H40CaO7S. The largest absolute Gasteiger partial charge is 2.00 e. The first-order valence-electron chi connectivity index (χ1n) is 11.6. The molecule has 0 aliphatic rings. The van der Waals surface area contributed by atoms with E-state index in [9.17, 15) is 22.6 Å². The molecule has 0 radical (unpaired) electrons. The van der Waals surface area contributed by atoms with Crippen molar-refractivity contribution in [3.8, 4) is 0 Å². The second-order valence-electron chi connectivity index (χ2n) is 8.35. The van der Waals surface area contributed by atoms with Crippen molar-refractivity contribution in [2.75, 3.05) is 0 Å². The Kier molecular flexibility index (Phi) is 16.5. The van der Waals surface area contributed by atoms with E-state index in [2.05, 4.69) is 13.8 Å². The molecule has 1 aromatic rings. The van der Waals surface area contributed by atoms with Crippen molar-refractivity contribution in [2.24, 2.45) is 0 Å². The van der Waals surface area contributed by atoms with Crippen LogP contribution in [0.5, 0.6) is 0 Å². The van der Waals surface area contributed by atoms with Crippen LogP contribution in [0.3, 0.4) is 0 Å². The summed E-state index contributed by atoms with van der Waals surface area (Å²) in [5.74, 6) is -1.50. The van der Waals surface area contributed by atoms with Gasteiger partial charge in [0.1, 0.15) is 0 Å². The molecule has 0 heterocycles. The molecule has 0 bridgehead atoms. The van der Waals surface area contributed by atoms with Gasteiger partial charge < -0.3 is 12.3 Å². The summed E-state index contributed by atoms with van der Waals surface area (Å²) in [7, 11) is -4.63. The van der Waals surface area contributed by atoms with Crippen LogP contribution in [0.2, 0.25) is 0 Å². The third-order valence-electron chi connectivity index (χ3n) is 5.22. The molecule has 2 atom stereocenters. The van der Waals surface area contributed by atoms with Gasteiger partial charge >= 0.3 is 49.7 Å². The molecule has 1 rings (SSSR count). The number of ether oxygens (including phenoxy) is 2. The maximum absolute atomic E-state index is 12.6. The van der Waals surface area contributed by atoms with Crippen LogP contribution in [-0.4, -0.2) is 74.9 Å². The first-order valence-corrected chi connectivity index (χ1v) is 13.1. The summed E-state index contributed by atoms with van der Waals surface area (Å²) < 4.78 is 43.7. The molecule has 0 spiro atoms. The van der Waals surface area contributed by atoms with E-state index in [1.807, 2.05) is 0 Å². The molecule has 9 heteroatoms. The van der Waals surface area contributed by atoms with Crippen LogP contribution >= 0.6 is 0 Å². The maximum atomic E-state index is 12.6. The monoisotopic (exact) mass is 512 g/mol. The molecule has 0 aliphatic heterocycles. The molecule has 1 aromatic carbocycles. The Morgan fingerprint density at radius 1 is 0.818 bits per heavy atom. The summed E-state index contributed by atoms with van der Waals surface area (Å²) in [5.41, 5.74) is -0.244. The van der Waals surface area contributed by atoms with Gasteiger partial charge in [0, 0.05) is 0 Å². The maximum Gasteiger partial charge on any atom is 2.00 e. The van der Waals surface area contributed by atoms with Gasteiger partial charge in [-0.15, -0.1) is 0 Å². The molecule has 0 saturated heterocycles. The quantitative estimate of drug-likeness (QED) is 0.137. The fourth-order valence-corrected chi connectivity index (χ4v) is 3.87. The van der Waals surface area contributed by atoms with Crippen LogP contribution in [0.15, 0.2) is 23.1 Å². The zero-order valence-electron chi connectivity index (χ0n) is 22.5. The molecule has 33 heavy (non-hydrogen) atoms. The minimum atomic E-state index is -4.63. The Morgan fingerprint density at radius 2 is 1.21 bits per heavy atom. The number of esters is 2. The number of hydrogen-bond acceptors (Lipinski definition) is 6. The van der Waals surface area contributed by atoms with Crippen molar-refractivity contribution in [1.82, 2.24) is 0 Å². The third kappa shape index (κ3) is 13.1. The zero-order valence-corrected chi connectivity index (χ0v) is 23.5. The van der Waals surface area contributed by atoms with Crippen molar-refractivity contribution in [1.29, 1.82) is 0 Å². The summed E-state index contributed by atoms with van der Waals surface area (Å²) >= 11 is 0. The Morgan fingerprint density at radius 3 is 1.55 bits per heavy atom. The van der Waals surface area contributed by atoms with E-state index in [0.717, 1.165) is 63.5 Å². The third-order valence-corrected chi connectivity index (χ3v) is 6.05. The molecule has 0 saturated carbocycles. The fraction of sp³-hybridized carbons (Fsp3) is 0.667. The van der Waals surface area contributed by atoms with Gasteiger partial charge in [0.15, 0.2) is 0 Å². The van der Waals surface area contributed by atoms with E-state index in [-0.39, 0.29) is 63.9 Å². The molecule has 7 nitrogen and oxygen atoms in total. The fourth-order valence-electron chi connectivity index (χ4n) is 3.32. The number of carbonyl (C=O) groups is 2. The van der Waals surface area contributed by atoms with Gasteiger partial charge in [-0.3, -0.25) is 4.55 Å². The second kappa shape index (κ2) is 16.9. The van der Waals surface area contributed by atoms with E-state index >= 15 is 0 Å². The number of rotatable bonds is 15. The minimum absolute atomic E-state index is 0. The average molecular weight is 513 g/mol. The first-order chi connectivity index (χ1) is 15.1. The van der Waals surface area contributed by atoms with Crippen LogP contribution < -0.4 is 0 Å². The van der Waals surface area contributed by atoms with Crippen LogP contribution in [0.25, 0.3) is 0 Å². The Bertz CT molecular complexity index is 800. The van der Waals surface area contributed by atoms with E-state index in [4.69, 9.17) is 9.47 Å². The number of benzene rings is 1. The Hall–Kier alpha value is -0.670. The first kappa shape index (κ1) is 32.3. The van der Waals surface area contributed by atoms with Crippen molar-refractivity contribution in [3.63, 3.8) is 0 Å². The zero-order chi connectivity index (χ0) is 24.1. The van der Waals surface area contributed by atoms with Crippen LogP contribution in [-0.2, 0) is 19.6 Å². The standard InChI is InChI=1S/C24H38O7S.Ca.2H/c1-5-7-9-11-13-18(3)30-23(25)20-15-21(17-22(16-20)32(27,28)29)24(26)31-19(4)14-12-10-8-6-2;;;/h15-19H,5-14H2,1-4H3,(H,27,28,29);;;/q;+2;2*-1. The van der Waals surface area contributed by atoms with E-state index in [0.29, 0.717) is 12.8 Å². The van der Waals surface area contributed by atoms with Gasteiger partial charge in [-0.05, 0) is 57.7 Å². The summed E-state index contributed by atoms with van der Waals surface area (Å²) in [6, 6.07) is 3.26. The van der Waals surface area contributed by atoms with E-state index < -0.39 is 27.0 Å². The van der Waals surface area contributed by atoms with Crippen LogP contribution in [0.1, 0.15) is 115 Å². The van der Waals surface area contributed by atoms with E-state index in [1.165, 1.54) is 6.07 Å². The van der Waals surface area contributed by atoms with Crippen LogP contribution in [0.4, 0.5) is 0 Å². The minimum Gasteiger partial charge on any atom is -1.00 e. The molecule has 0 amide bonds. The Balaban J connectivity index is -0.00000341. The normalized spacial score (nSPS) is 13.0. The predicted molar refractivity (Wildman–Crippen MR) is 132 cm³/mol. The van der Waals surface area contributed by atoms with Gasteiger partial charge in [0.05, 0.1) is 28.2 Å². The van der Waals surface area contributed by atoms with E-state index in [1.54, 1.807) is 13.8 Å². The summed E-state index contributed by atoms with van der Waals surface area (Å²) in [5, 5.41) is 0. The van der Waals surface area contributed by atoms with Gasteiger partial charge in [-0.25, -0.2) is 9.59 Å². The molecule has 186 valence electrons. The van der Waals surface area contributed by atoms with Gasteiger partial charge in [0.2, 0.25) is 0 Å². The molecule has 1 N–H and O–H groups in total. The van der Waals surface area contributed by atoms with Gasteiger partial charge in [0.25, 0.3) is 10.1 Å². The number of carbonyl (C=O) groups excluding carboxylic acids is 2. The van der Waals surface area contributed by atoms with Crippen LogP contribution in [0, 0.1) is 0 Å². The SMILES string of the molecule is CCCCCCC(C)OC(=O)c1cc(C(=O)OC(C)CCCCCC)cc(S(=O)(=O)O)c1.[Ca+2].[H-].[H-]. The summed E-state index contributed by atoms with van der Waals surface area (Å²) in [6.45, 7) is 7.76. The molecule has 0 aliphatic carbocycles. The van der Waals surface area contributed by atoms with Crippen molar-refractivity contribution < 1.29 is 34.9 Å². The van der Waals surface area contributed by atoms with Crippen molar-refractivity contribution in [2.45, 2.75) is 109 Å². The van der Waals surface area contributed by atoms with Gasteiger partial charge in [-0.1, -0.05) is 52.4 Å². The summed E-state index contributed by atoms with van der Waals surface area (Å²) in [4.78, 5) is 24.6. The van der Waals surface area contributed by atoms with Gasteiger partial charge in [-0.2, -0.15) is 8.42 Å². The molecular weight excluding hydrogens is 472 g/mol. The molecule has 0 aromatic heterocycles. The molecule has 0 fully saturated rings.